The lowest BCUT2D eigenvalue weighted by Crippen LogP contribution is -2.18. The summed E-state index contributed by atoms with van der Waals surface area (Å²) < 4.78 is 27.1. The van der Waals surface area contributed by atoms with Crippen molar-refractivity contribution in [2.75, 3.05) is 17.2 Å². The normalized spacial score (nSPS) is 15.9. The maximum atomic E-state index is 13.6. The van der Waals surface area contributed by atoms with Gasteiger partial charge in [-0.3, -0.25) is 0 Å². The number of anilines is 2. The van der Waals surface area contributed by atoms with E-state index < -0.39 is 11.6 Å². The first-order valence-corrected chi connectivity index (χ1v) is 6.57. The van der Waals surface area contributed by atoms with Gasteiger partial charge in [0.15, 0.2) is 23.3 Å². The van der Waals surface area contributed by atoms with E-state index >= 15 is 0 Å². The second kappa shape index (κ2) is 5.98. The van der Waals surface area contributed by atoms with Crippen LogP contribution in [0.3, 0.4) is 0 Å². The molecule has 1 heterocycles. The summed E-state index contributed by atoms with van der Waals surface area (Å²) in [5.41, 5.74) is 0. The van der Waals surface area contributed by atoms with Crippen molar-refractivity contribution in [1.29, 1.82) is 0 Å². The monoisotopic (exact) mass is 255 g/mol. The third-order valence-electron chi connectivity index (χ3n) is 3.17. The van der Waals surface area contributed by atoms with Crippen molar-refractivity contribution in [3.8, 4) is 0 Å². The van der Waals surface area contributed by atoms with Gasteiger partial charge < -0.3 is 10.6 Å². The van der Waals surface area contributed by atoms with Crippen LogP contribution in [0, 0.1) is 11.6 Å². The Morgan fingerprint density at radius 1 is 1.22 bits per heavy atom. The van der Waals surface area contributed by atoms with Crippen LogP contribution >= 0.6 is 0 Å². The fourth-order valence-corrected chi connectivity index (χ4v) is 2.20. The zero-order chi connectivity index (χ0) is 13.0. The molecule has 0 aromatic carbocycles. The summed E-state index contributed by atoms with van der Waals surface area (Å²) in [4.78, 5) is 4.00. The Morgan fingerprint density at radius 2 is 1.89 bits per heavy atom. The van der Waals surface area contributed by atoms with Gasteiger partial charge in [-0.1, -0.05) is 19.8 Å². The average molecular weight is 255 g/mol. The molecule has 0 unspecified atom stereocenters. The smallest absolute Gasteiger partial charge is 0.168 e. The number of pyridine rings is 1. The second-order valence-electron chi connectivity index (χ2n) is 4.70. The standard InChI is InChI=1S/C13H19F2N3/c1-2-7-16-12-10(14)8-11(15)13(18-12)17-9-5-3-4-6-9/h8-9H,2-7H2,1H3,(H2,16,17,18). The fourth-order valence-electron chi connectivity index (χ4n) is 2.20. The van der Waals surface area contributed by atoms with E-state index in [0.717, 1.165) is 38.2 Å². The third-order valence-corrected chi connectivity index (χ3v) is 3.17. The minimum absolute atomic E-state index is 0.124. The van der Waals surface area contributed by atoms with Gasteiger partial charge in [-0.2, -0.15) is 0 Å². The van der Waals surface area contributed by atoms with Crippen LogP contribution in [-0.4, -0.2) is 17.6 Å². The SMILES string of the molecule is CCCNc1nc(NC2CCCC2)c(F)cc1F. The lowest BCUT2D eigenvalue weighted by atomic mass is 10.2. The van der Waals surface area contributed by atoms with Crippen LogP contribution in [0.25, 0.3) is 0 Å². The molecule has 0 aliphatic heterocycles. The summed E-state index contributed by atoms with van der Waals surface area (Å²) in [5.74, 6) is -0.986. The summed E-state index contributed by atoms with van der Waals surface area (Å²) >= 11 is 0. The Hall–Kier alpha value is -1.39. The molecule has 2 N–H and O–H groups in total. The number of halogens is 2. The molecule has 18 heavy (non-hydrogen) atoms. The number of nitrogens with one attached hydrogen (secondary N) is 2. The molecule has 0 spiro atoms. The van der Waals surface area contributed by atoms with Gasteiger partial charge in [0.2, 0.25) is 0 Å². The van der Waals surface area contributed by atoms with Crippen molar-refractivity contribution in [3.63, 3.8) is 0 Å². The van der Waals surface area contributed by atoms with Crippen LogP contribution in [0.5, 0.6) is 0 Å². The van der Waals surface area contributed by atoms with Crippen LogP contribution in [0.1, 0.15) is 39.0 Å². The molecule has 0 atom stereocenters. The van der Waals surface area contributed by atoms with E-state index in [1.807, 2.05) is 6.92 Å². The molecule has 0 amide bonds. The Balaban J connectivity index is 2.12. The minimum atomic E-state index is -0.641. The first kappa shape index (κ1) is 13.1. The third kappa shape index (κ3) is 3.09. The number of rotatable bonds is 5. The maximum absolute atomic E-state index is 13.6. The number of hydrogen-bond acceptors (Lipinski definition) is 3. The van der Waals surface area contributed by atoms with Crippen molar-refractivity contribution in [2.45, 2.75) is 45.1 Å². The molecule has 5 heteroatoms. The lowest BCUT2D eigenvalue weighted by Gasteiger charge is -2.15. The molecular formula is C13H19F2N3. The molecule has 1 fully saturated rings. The maximum Gasteiger partial charge on any atom is 0.168 e. The fraction of sp³-hybridized carbons (Fsp3) is 0.615. The van der Waals surface area contributed by atoms with Crippen LogP contribution < -0.4 is 10.6 Å². The molecule has 1 aliphatic carbocycles. The van der Waals surface area contributed by atoms with E-state index in [2.05, 4.69) is 15.6 Å². The molecule has 0 saturated heterocycles. The van der Waals surface area contributed by atoms with Gasteiger partial charge in [0.25, 0.3) is 0 Å². The van der Waals surface area contributed by atoms with Crippen molar-refractivity contribution >= 4 is 11.6 Å². The van der Waals surface area contributed by atoms with Gasteiger partial charge >= 0.3 is 0 Å². The van der Waals surface area contributed by atoms with Gasteiger partial charge in [-0.05, 0) is 19.3 Å². The lowest BCUT2D eigenvalue weighted by molar-refractivity contribution is 0.574. The Morgan fingerprint density at radius 3 is 2.56 bits per heavy atom. The van der Waals surface area contributed by atoms with Crippen LogP contribution in [-0.2, 0) is 0 Å². The highest BCUT2D eigenvalue weighted by molar-refractivity contribution is 5.48. The van der Waals surface area contributed by atoms with E-state index in [1.54, 1.807) is 0 Å². The highest BCUT2D eigenvalue weighted by atomic mass is 19.1. The Kier molecular flexibility index (Phi) is 4.33. The van der Waals surface area contributed by atoms with Crippen LogP contribution in [0.4, 0.5) is 20.4 Å². The summed E-state index contributed by atoms with van der Waals surface area (Å²) in [6, 6.07) is 1.15. The molecule has 0 bridgehead atoms. The van der Waals surface area contributed by atoms with E-state index in [4.69, 9.17) is 0 Å². The predicted octanol–water partition coefficient (Wildman–Crippen LogP) is 3.54. The number of hydrogen-bond donors (Lipinski definition) is 2. The largest absolute Gasteiger partial charge is 0.368 e. The van der Waals surface area contributed by atoms with Crippen LogP contribution in [0.2, 0.25) is 0 Å². The first-order chi connectivity index (χ1) is 8.70. The highest BCUT2D eigenvalue weighted by Gasteiger charge is 2.18. The Labute approximate surface area is 106 Å². The zero-order valence-electron chi connectivity index (χ0n) is 10.6. The predicted molar refractivity (Wildman–Crippen MR) is 68.8 cm³/mol. The quantitative estimate of drug-likeness (QED) is 0.845. The van der Waals surface area contributed by atoms with Crippen molar-refractivity contribution < 1.29 is 8.78 Å². The van der Waals surface area contributed by atoms with E-state index in [9.17, 15) is 8.78 Å². The molecule has 100 valence electrons. The molecule has 1 aromatic rings. The molecule has 2 rings (SSSR count). The Bertz CT molecular complexity index is 403. The van der Waals surface area contributed by atoms with E-state index in [-0.39, 0.29) is 17.7 Å². The van der Waals surface area contributed by atoms with E-state index in [1.165, 1.54) is 0 Å². The zero-order valence-corrected chi connectivity index (χ0v) is 10.6. The highest BCUT2D eigenvalue weighted by Crippen LogP contribution is 2.25. The minimum Gasteiger partial charge on any atom is -0.368 e. The van der Waals surface area contributed by atoms with Gasteiger partial charge in [-0.15, -0.1) is 0 Å². The van der Waals surface area contributed by atoms with E-state index in [0.29, 0.717) is 6.54 Å². The second-order valence-corrected chi connectivity index (χ2v) is 4.70. The summed E-state index contributed by atoms with van der Waals surface area (Å²) in [6.07, 6.45) is 5.22. The van der Waals surface area contributed by atoms with Crippen LogP contribution in [0.15, 0.2) is 6.07 Å². The molecule has 0 radical (unpaired) electrons. The summed E-state index contributed by atoms with van der Waals surface area (Å²) in [7, 11) is 0. The summed E-state index contributed by atoms with van der Waals surface area (Å²) in [6.45, 7) is 2.60. The van der Waals surface area contributed by atoms with Gasteiger partial charge in [0.05, 0.1) is 0 Å². The molecule has 1 aromatic heterocycles. The van der Waals surface area contributed by atoms with Crippen molar-refractivity contribution in [1.82, 2.24) is 4.98 Å². The molecule has 1 saturated carbocycles. The van der Waals surface area contributed by atoms with Gasteiger partial charge in [0, 0.05) is 18.7 Å². The number of nitrogens with zero attached hydrogens (tertiary/aromatic N) is 1. The van der Waals surface area contributed by atoms with Gasteiger partial charge in [-0.25, -0.2) is 13.8 Å². The number of aromatic nitrogens is 1. The van der Waals surface area contributed by atoms with Gasteiger partial charge in [0.1, 0.15) is 0 Å². The molecule has 1 aliphatic rings. The molecule has 3 nitrogen and oxygen atoms in total. The summed E-state index contributed by atoms with van der Waals surface area (Å²) in [5, 5.41) is 5.92. The topological polar surface area (TPSA) is 37.0 Å². The van der Waals surface area contributed by atoms with Crippen molar-refractivity contribution in [2.24, 2.45) is 0 Å². The van der Waals surface area contributed by atoms with Crippen molar-refractivity contribution in [3.05, 3.63) is 17.7 Å². The average Bonchev–Trinajstić information content (AvgIpc) is 2.84. The molecular weight excluding hydrogens is 236 g/mol. The first-order valence-electron chi connectivity index (χ1n) is 6.57.